The lowest BCUT2D eigenvalue weighted by Crippen LogP contribution is -2.46. The molecule has 2 N–H and O–H groups in total. The van der Waals surface area contributed by atoms with Crippen LogP contribution in [0.15, 0.2) is 18.2 Å². The van der Waals surface area contributed by atoms with Crippen molar-refractivity contribution in [2.45, 2.75) is 51.5 Å². The van der Waals surface area contributed by atoms with Crippen LogP contribution in [0.5, 0.6) is 5.75 Å². The van der Waals surface area contributed by atoms with E-state index in [0.717, 1.165) is 12.0 Å². The number of likely N-dealkylation sites (tertiary alicyclic amines) is 1. The molecular formula is C21H28N2O5. The van der Waals surface area contributed by atoms with Gasteiger partial charge in [-0.15, -0.1) is 0 Å². The summed E-state index contributed by atoms with van der Waals surface area (Å²) >= 11 is 0. The van der Waals surface area contributed by atoms with Crippen molar-refractivity contribution in [1.82, 2.24) is 4.90 Å². The minimum Gasteiger partial charge on any atom is -0.495 e. The SMILES string of the molecule is COc1ccc(C)cc1NC(=O)C1CCCN1C(=O)C1CCC(C(=O)O)CC1. The maximum absolute atomic E-state index is 13.0. The highest BCUT2D eigenvalue weighted by atomic mass is 16.5. The highest BCUT2D eigenvalue weighted by Crippen LogP contribution is 2.33. The Balaban J connectivity index is 1.66. The van der Waals surface area contributed by atoms with Crippen molar-refractivity contribution in [2.24, 2.45) is 11.8 Å². The number of nitrogens with one attached hydrogen (secondary N) is 1. The van der Waals surface area contributed by atoms with Crippen molar-refractivity contribution in [1.29, 1.82) is 0 Å². The van der Waals surface area contributed by atoms with Crippen LogP contribution in [-0.2, 0) is 14.4 Å². The molecule has 1 unspecified atom stereocenters. The standard InChI is InChI=1S/C21H28N2O5/c1-13-5-10-18(28-2)16(12-13)22-19(24)17-4-3-11-23(17)20(25)14-6-8-15(9-7-14)21(26)27/h5,10,12,14-15,17H,3-4,6-9,11H2,1-2H3,(H,22,24)(H,26,27). The molecule has 28 heavy (non-hydrogen) atoms. The number of nitrogens with zero attached hydrogens (tertiary/aromatic N) is 1. The average Bonchev–Trinajstić information content (AvgIpc) is 3.17. The van der Waals surface area contributed by atoms with Gasteiger partial charge in [0.25, 0.3) is 0 Å². The van der Waals surface area contributed by atoms with Gasteiger partial charge in [-0.2, -0.15) is 0 Å². The summed E-state index contributed by atoms with van der Waals surface area (Å²) in [6.45, 7) is 2.51. The normalized spacial score (nSPS) is 24.6. The van der Waals surface area contributed by atoms with E-state index in [1.165, 1.54) is 0 Å². The second-order valence-electron chi connectivity index (χ2n) is 7.77. The first kappa shape index (κ1) is 20.2. The van der Waals surface area contributed by atoms with Gasteiger partial charge in [0.2, 0.25) is 11.8 Å². The predicted molar refractivity (Wildman–Crippen MR) is 104 cm³/mol. The molecule has 1 aromatic rings. The van der Waals surface area contributed by atoms with Crippen LogP contribution in [-0.4, -0.2) is 47.5 Å². The van der Waals surface area contributed by atoms with E-state index in [9.17, 15) is 14.4 Å². The molecule has 2 fully saturated rings. The predicted octanol–water partition coefficient (Wildman–Crippen LogP) is 2.82. The number of hydrogen-bond acceptors (Lipinski definition) is 4. The summed E-state index contributed by atoms with van der Waals surface area (Å²) in [6.07, 6.45) is 3.63. The van der Waals surface area contributed by atoms with Gasteiger partial charge < -0.3 is 20.1 Å². The molecule has 3 rings (SSSR count). The molecule has 2 amide bonds. The number of amides is 2. The minimum atomic E-state index is -0.781. The molecular weight excluding hydrogens is 360 g/mol. The quantitative estimate of drug-likeness (QED) is 0.809. The zero-order chi connectivity index (χ0) is 20.3. The van der Waals surface area contributed by atoms with Gasteiger partial charge in [-0.25, -0.2) is 0 Å². The highest BCUT2D eigenvalue weighted by molar-refractivity contribution is 5.98. The zero-order valence-electron chi connectivity index (χ0n) is 16.4. The second kappa shape index (κ2) is 8.63. The van der Waals surface area contributed by atoms with E-state index in [1.807, 2.05) is 25.1 Å². The number of benzene rings is 1. The van der Waals surface area contributed by atoms with Crippen molar-refractivity contribution in [3.63, 3.8) is 0 Å². The van der Waals surface area contributed by atoms with Gasteiger partial charge >= 0.3 is 5.97 Å². The fourth-order valence-electron chi connectivity index (χ4n) is 4.26. The van der Waals surface area contributed by atoms with Crippen molar-refractivity contribution in [3.05, 3.63) is 23.8 Å². The number of carbonyl (C=O) groups excluding carboxylic acids is 2. The van der Waals surface area contributed by atoms with Gasteiger partial charge in [0.15, 0.2) is 0 Å². The Kier molecular flexibility index (Phi) is 6.21. The first-order valence-electron chi connectivity index (χ1n) is 9.89. The number of aryl methyl sites for hydroxylation is 1. The van der Waals surface area contributed by atoms with Crippen molar-refractivity contribution < 1.29 is 24.2 Å². The Morgan fingerprint density at radius 1 is 1.11 bits per heavy atom. The molecule has 0 aromatic heterocycles. The molecule has 1 aromatic carbocycles. The number of ether oxygens (including phenoxy) is 1. The van der Waals surface area contributed by atoms with Gasteiger partial charge in [0, 0.05) is 12.5 Å². The summed E-state index contributed by atoms with van der Waals surface area (Å²) < 4.78 is 5.32. The van der Waals surface area contributed by atoms with Gasteiger partial charge in [0.05, 0.1) is 18.7 Å². The smallest absolute Gasteiger partial charge is 0.306 e. The van der Waals surface area contributed by atoms with Gasteiger partial charge in [-0.3, -0.25) is 14.4 Å². The number of carboxylic acids is 1. The molecule has 2 aliphatic rings. The fraction of sp³-hybridized carbons (Fsp3) is 0.571. The van der Waals surface area contributed by atoms with Crippen molar-refractivity contribution in [3.8, 4) is 5.75 Å². The molecule has 1 aliphatic carbocycles. The zero-order valence-corrected chi connectivity index (χ0v) is 16.4. The molecule has 7 nitrogen and oxygen atoms in total. The van der Waals surface area contributed by atoms with Crippen LogP contribution in [0.25, 0.3) is 0 Å². The summed E-state index contributed by atoms with van der Waals surface area (Å²) in [5, 5.41) is 12.1. The first-order valence-corrected chi connectivity index (χ1v) is 9.89. The molecule has 0 spiro atoms. The highest BCUT2D eigenvalue weighted by Gasteiger charge is 2.39. The molecule has 1 saturated heterocycles. The first-order chi connectivity index (χ1) is 13.4. The number of carboxylic acid groups (broad SMARTS) is 1. The van der Waals surface area contributed by atoms with Crippen LogP contribution in [0.3, 0.4) is 0 Å². The van der Waals surface area contributed by atoms with Crippen molar-refractivity contribution >= 4 is 23.5 Å². The molecule has 152 valence electrons. The molecule has 1 saturated carbocycles. The number of aliphatic carboxylic acids is 1. The molecule has 1 atom stereocenters. The molecule has 7 heteroatoms. The third kappa shape index (κ3) is 4.29. The summed E-state index contributed by atoms with van der Waals surface area (Å²) in [4.78, 5) is 38.7. The summed E-state index contributed by atoms with van der Waals surface area (Å²) in [7, 11) is 1.55. The number of hydrogen-bond donors (Lipinski definition) is 2. The maximum atomic E-state index is 13.0. The lowest BCUT2D eigenvalue weighted by molar-refractivity contribution is -0.146. The van der Waals surface area contributed by atoms with Crippen LogP contribution in [0.2, 0.25) is 0 Å². The average molecular weight is 388 g/mol. The van der Waals surface area contributed by atoms with Gasteiger partial charge in [-0.05, 0) is 63.1 Å². The molecule has 0 bridgehead atoms. The van der Waals surface area contributed by atoms with E-state index in [4.69, 9.17) is 9.84 Å². The third-order valence-electron chi connectivity index (χ3n) is 5.88. The Morgan fingerprint density at radius 3 is 2.43 bits per heavy atom. The van der Waals surface area contributed by atoms with E-state index in [0.29, 0.717) is 50.1 Å². The van der Waals surface area contributed by atoms with E-state index >= 15 is 0 Å². The van der Waals surface area contributed by atoms with Gasteiger partial charge in [0.1, 0.15) is 11.8 Å². The fourth-order valence-corrected chi connectivity index (χ4v) is 4.26. The number of anilines is 1. The van der Waals surface area contributed by atoms with Crippen LogP contribution in [0, 0.1) is 18.8 Å². The monoisotopic (exact) mass is 388 g/mol. The van der Waals surface area contributed by atoms with Crippen LogP contribution < -0.4 is 10.1 Å². The molecule has 0 radical (unpaired) electrons. The lowest BCUT2D eigenvalue weighted by Gasteiger charge is -2.31. The molecule has 1 aliphatic heterocycles. The van der Waals surface area contributed by atoms with Crippen LogP contribution in [0.1, 0.15) is 44.1 Å². The Morgan fingerprint density at radius 2 is 1.79 bits per heavy atom. The summed E-state index contributed by atoms with van der Waals surface area (Å²) in [5.41, 5.74) is 1.61. The van der Waals surface area contributed by atoms with E-state index in [-0.39, 0.29) is 23.7 Å². The number of rotatable bonds is 5. The summed E-state index contributed by atoms with van der Waals surface area (Å²) in [6, 6.07) is 5.08. The number of carbonyl (C=O) groups is 3. The maximum Gasteiger partial charge on any atom is 0.306 e. The van der Waals surface area contributed by atoms with Crippen LogP contribution >= 0.6 is 0 Å². The molecule has 1 heterocycles. The Labute approximate surface area is 165 Å². The Hall–Kier alpha value is -2.57. The largest absolute Gasteiger partial charge is 0.495 e. The summed E-state index contributed by atoms with van der Waals surface area (Å²) in [5.74, 6) is -0.946. The van der Waals surface area contributed by atoms with E-state index < -0.39 is 12.0 Å². The topological polar surface area (TPSA) is 95.9 Å². The van der Waals surface area contributed by atoms with E-state index in [2.05, 4.69) is 5.32 Å². The minimum absolute atomic E-state index is 0.0160. The second-order valence-corrected chi connectivity index (χ2v) is 7.77. The lowest BCUT2D eigenvalue weighted by atomic mass is 9.81. The van der Waals surface area contributed by atoms with Gasteiger partial charge in [-0.1, -0.05) is 6.07 Å². The number of methoxy groups -OCH3 is 1. The Bertz CT molecular complexity index is 755. The van der Waals surface area contributed by atoms with Crippen molar-refractivity contribution in [2.75, 3.05) is 19.0 Å². The van der Waals surface area contributed by atoms with E-state index in [1.54, 1.807) is 12.0 Å². The van der Waals surface area contributed by atoms with Crippen LogP contribution in [0.4, 0.5) is 5.69 Å². The third-order valence-corrected chi connectivity index (χ3v) is 5.88.